The molecule has 0 atom stereocenters. The van der Waals surface area contributed by atoms with Gasteiger partial charge in [-0.1, -0.05) is 37.3 Å². The highest BCUT2D eigenvalue weighted by Crippen LogP contribution is 2.31. The monoisotopic (exact) mass is 314 g/mol. The Balaban J connectivity index is 1.72. The van der Waals surface area contributed by atoms with Gasteiger partial charge in [0.25, 0.3) is 0 Å². The van der Waals surface area contributed by atoms with Crippen LogP contribution in [0.2, 0.25) is 0 Å². The van der Waals surface area contributed by atoms with Crippen molar-refractivity contribution < 1.29 is 0 Å². The lowest BCUT2D eigenvalue weighted by atomic mass is 10.0. The van der Waals surface area contributed by atoms with Crippen molar-refractivity contribution in [1.82, 2.24) is 14.8 Å². The standard InChI is InChI=1S/C17H22N4S/c1-11(2)14-6-5-7-15-16(14)19-17(22-15)18-8-9-21-13(4)10-12(3)20-21/h5-7,10-11H,8-9H2,1-4H3,(H,18,19). The third-order valence-corrected chi connectivity index (χ3v) is 4.75. The largest absolute Gasteiger partial charge is 0.360 e. The van der Waals surface area contributed by atoms with E-state index in [4.69, 9.17) is 4.98 Å². The highest BCUT2D eigenvalue weighted by Gasteiger charge is 2.10. The molecule has 0 amide bonds. The zero-order chi connectivity index (χ0) is 15.7. The SMILES string of the molecule is Cc1cc(C)n(CCNc2nc3c(C(C)C)cccc3s2)n1. The average molecular weight is 314 g/mol. The summed E-state index contributed by atoms with van der Waals surface area (Å²) in [5.41, 5.74) is 4.72. The van der Waals surface area contributed by atoms with Crippen LogP contribution in [0.3, 0.4) is 0 Å². The molecule has 0 bridgehead atoms. The Bertz CT molecular complexity index is 785. The maximum Gasteiger partial charge on any atom is 0.183 e. The molecule has 1 N–H and O–H groups in total. The van der Waals surface area contributed by atoms with Gasteiger partial charge < -0.3 is 5.32 Å². The number of nitrogens with one attached hydrogen (secondary N) is 1. The van der Waals surface area contributed by atoms with Crippen molar-refractivity contribution in [2.75, 3.05) is 11.9 Å². The summed E-state index contributed by atoms with van der Waals surface area (Å²) in [4.78, 5) is 4.77. The van der Waals surface area contributed by atoms with Gasteiger partial charge in [0.05, 0.1) is 22.5 Å². The Morgan fingerprint density at radius 1 is 1.27 bits per heavy atom. The van der Waals surface area contributed by atoms with Crippen molar-refractivity contribution in [2.24, 2.45) is 0 Å². The quantitative estimate of drug-likeness (QED) is 0.761. The summed E-state index contributed by atoms with van der Waals surface area (Å²) >= 11 is 1.72. The fourth-order valence-corrected chi connectivity index (χ4v) is 3.61. The molecule has 22 heavy (non-hydrogen) atoms. The maximum absolute atomic E-state index is 4.77. The van der Waals surface area contributed by atoms with Gasteiger partial charge in [0.1, 0.15) is 0 Å². The first-order chi connectivity index (χ1) is 10.5. The summed E-state index contributed by atoms with van der Waals surface area (Å²) in [5.74, 6) is 0.494. The molecule has 4 nitrogen and oxygen atoms in total. The van der Waals surface area contributed by atoms with Gasteiger partial charge in [-0.2, -0.15) is 5.10 Å². The first-order valence-corrected chi connectivity index (χ1v) is 8.50. The van der Waals surface area contributed by atoms with Crippen LogP contribution in [0.5, 0.6) is 0 Å². The second kappa shape index (κ2) is 6.08. The van der Waals surface area contributed by atoms with E-state index >= 15 is 0 Å². The summed E-state index contributed by atoms with van der Waals surface area (Å²) in [6.07, 6.45) is 0. The van der Waals surface area contributed by atoms with E-state index in [2.05, 4.69) is 55.5 Å². The summed E-state index contributed by atoms with van der Waals surface area (Å²) in [5, 5.41) is 8.90. The molecule has 0 aliphatic carbocycles. The number of nitrogens with zero attached hydrogens (tertiary/aromatic N) is 3. The van der Waals surface area contributed by atoms with E-state index in [1.807, 2.05) is 11.6 Å². The molecule has 0 fully saturated rings. The lowest BCUT2D eigenvalue weighted by Crippen LogP contribution is -2.12. The molecule has 1 aromatic carbocycles. The van der Waals surface area contributed by atoms with Crippen LogP contribution in [-0.2, 0) is 6.54 Å². The smallest absolute Gasteiger partial charge is 0.183 e. The zero-order valence-corrected chi connectivity index (χ0v) is 14.4. The van der Waals surface area contributed by atoms with Gasteiger partial charge in [0.15, 0.2) is 5.13 Å². The molecule has 5 heteroatoms. The summed E-state index contributed by atoms with van der Waals surface area (Å²) in [6, 6.07) is 8.54. The zero-order valence-electron chi connectivity index (χ0n) is 13.6. The Labute approximate surface area is 135 Å². The molecule has 0 aliphatic heterocycles. The van der Waals surface area contributed by atoms with Crippen molar-refractivity contribution in [3.8, 4) is 0 Å². The highest BCUT2D eigenvalue weighted by molar-refractivity contribution is 7.22. The second-order valence-corrected chi connectivity index (χ2v) is 6.98. The highest BCUT2D eigenvalue weighted by atomic mass is 32.1. The normalized spacial score (nSPS) is 11.5. The van der Waals surface area contributed by atoms with Crippen molar-refractivity contribution in [3.05, 3.63) is 41.2 Å². The Morgan fingerprint density at radius 3 is 2.77 bits per heavy atom. The number of aromatic nitrogens is 3. The molecule has 0 saturated heterocycles. The number of hydrogen-bond acceptors (Lipinski definition) is 4. The molecule has 2 heterocycles. The van der Waals surface area contributed by atoms with Crippen LogP contribution in [-0.4, -0.2) is 21.3 Å². The molecule has 0 aliphatic rings. The number of rotatable bonds is 5. The van der Waals surface area contributed by atoms with Crippen LogP contribution in [0.15, 0.2) is 24.3 Å². The maximum atomic E-state index is 4.77. The van der Waals surface area contributed by atoms with Crippen LogP contribution in [0.1, 0.15) is 36.7 Å². The number of thiazole rings is 1. The molecule has 0 spiro atoms. The minimum Gasteiger partial charge on any atom is -0.360 e. The summed E-state index contributed by atoms with van der Waals surface area (Å²) in [6.45, 7) is 10.2. The van der Waals surface area contributed by atoms with Crippen molar-refractivity contribution in [2.45, 2.75) is 40.2 Å². The van der Waals surface area contributed by atoms with Gasteiger partial charge in [0.2, 0.25) is 0 Å². The lowest BCUT2D eigenvalue weighted by Gasteiger charge is -2.05. The van der Waals surface area contributed by atoms with Gasteiger partial charge in [0, 0.05) is 12.2 Å². The van der Waals surface area contributed by atoms with E-state index in [1.165, 1.54) is 16.0 Å². The molecule has 3 rings (SSSR count). The number of aryl methyl sites for hydroxylation is 2. The molecule has 0 radical (unpaired) electrons. The van der Waals surface area contributed by atoms with Crippen LogP contribution in [0, 0.1) is 13.8 Å². The number of benzene rings is 1. The van der Waals surface area contributed by atoms with Gasteiger partial charge >= 0.3 is 0 Å². The lowest BCUT2D eigenvalue weighted by molar-refractivity contribution is 0.615. The first-order valence-electron chi connectivity index (χ1n) is 7.69. The van der Waals surface area contributed by atoms with Gasteiger partial charge in [-0.3, -0.25) is 4.68 Å². The average Bonchev–Trinajstić information content (AvgIpc) is 3.01. The van der Waals surface area contributed by atoms with Crippen molar-refractivity contribution in [1.29, 1.82) is 0 Å². The van der Waals surface area contributed by atoms with E-state index in [1.54, 1.807) is 11.3 Å². The van der Waals surface area contributed by atoms with E-state index in [0.717, 1.165) is 29.4 Å². The predicted octanol–water partition coefficient (Wildman–Crippen LogP) is 4.35. The van der Waals surface area contributed by atoms with E-state index in [-0.39, 0.29) is 0 Å². The molecular formula is C17H22N4S. The molecule has 2 aromatic heterocycles. The fourth-order valence-electron chi connectivity index (χ4n) is 2.68. The van der Waals surface area contributed by atoms with Gasteiger partial charge in [-0.25, -0.2) is 4.98 Å². The number of para-hydroxylation sites is 1. The number of fused-ring (bicyclic) bond motifs is 1. The third-order valence-electron chi connectivity index (χ3n) is 3.78. The molecule has 0 saturated carbocycles. The Kier molecular flexibility index (Phi) is 4.16. The summed E-state index contributed by atoms with van der Waals surface area (Å²) < 4.78 is 3.29. The molecular weight excluding hydrogens is 292 g/mol. The van der Waals surface area contributed by atoms with Gasteiger partial charge in [-0.15, -0.1) is 0 Å². The first kappa shape index (κ1) is 15.0. The predicted molar refractivity (Wildman–Crippen MR) is 93.9 cm³/mol. The Hall–Kier alpha value is -1.88. The summed E-state index contributed by atoms with van der Waals surface area (Å²) in [7, 11) is 0. The number of anilines is 1. The minimum atomic E-state index is 0.494. The molecule has 116 valence electrons. The second-order valence-electron chi connectivity index (χ2n) is 5.94. The van der Waals surface area contributed by atoms with Gasteiger partial charge in [-0.05, 0) is 37.5 Å². The Morgan fingerprint density at radius 2 is 2.09 bits per heavy atom. The minimum absolute atomic E-state index is 0.494. The topological polar surface area (TPSA) is 42.7 Å². The van der Waals surface area contributed by atoms with Crippen LogP contribution >= 0.6 is 11.3 Å². The van der Waals surface area contributed by atoms with Crippen molar-refractivity contribution >= 4 is 26.7 Å². The van der Waals surface area contributed by atoms with E-state index in [9.17, 15) is 0 Å². The number of hydrogen-bond donors (Lipinski definition) is 1. The van der Waals surface area contributed by atoms with Crippen LogP contribution in [0.25, 0.3) is 10.2 Å². The van der Waals surface area contributed by atoms with Crippen LogP contribution in [0.4, 0.5) is 5.13 Å². The van der Waals surface area contributed by atoms with Crippen molar-refractivity contribution in [3.63, 3.8) is 0 Å². The molecule has 3 aromatic rings. The molecule has 0 unspecified atom stereocenters. The van der Waals surface area contributed by atoms with Crippen LogP contribution < -0.4 is 5.32 Å². The van der Waals surface area contributed by atoms with E-state index < -0.39 is 0 Å². The third kappa shape index (κ3) is 2.99. The van der Waals surface area contributed by atoms with E-state index in [0.29, 0.717) is 5.92 Å². The fraction of sp³-hybridized carbons (Fsp3) is 0.412.